The molecule has 1 N–H and O–H groups in total. The van der Waals surface area contributed by atoms with Crippen LogP contribution in [0.5, 0.6) is 0 Å². The average molecular weight is 320 g/mol. The second kappa shape index (κ2) is 7.71. The summed E-state index contributed by atoms with van der Waals surface area (Å²) in [6, 6.07) is 5.89. The number of nitrogens with one attached hydrogen (secondary N) is 1. The highest BCUT2D eigenvalue weighted by Gasteiger charge is 2.27. The first-order chi connectivity index (χ1) is 11.0. The van der Waals surface area contributed by atoms with Crippen LogP contribution < -0.4 is 5.32 Å². The first-order valence-corrected chi connectivity index (χ1v) is 7.62. The molecule has 0 spiro atoms. The van der Waals surface area contributed by atoms with E-state index >= 15 is 0 Å². The van der Waals surface area contributed by atoms with Crippen molar-refractivity contribution in [2.24, 2.45) is 11.8 Å². The van der Waals surface area contributed by atoms with Crippen LogP contribution >= 0.6 is 0 Å². The van der Waals surface area contributed by atoms with Gasteiger partial charge in [-0.2, -0.15) is 0 Å². The Balaban J connectivity index is 1.87. The Morgan fingerprint density at radius 3 is 2.52 bits per heavy atom. The molecule has 0 aromatic heterocycles. The summed E-state index contributed by atoms with van der Waals surface area (Å²) >= 11 is 0. The number of nitrogens with zero attached hydrogens (tertiary/aromatic N) is 1. The Kier molecular flexibility index (Phi) is 5.67. The van der Waals surface area contributed by atoms with Gasteiger partial charge < -0.3 is 10.1 Å². The van der Waals surface area contributed by atoms with Gasteiger partial charge in [-0.05, 0) is 37.7 Å². The molecular formula is C16H20N2O5. The Morgan fingerprint density at radius 2 is 1.91 bits per heavy atom. The fraction of sp³-hybridized carbons (Fsp3) is 0.500. The van der Waals surface area contributed by atoms with Crippen molar-refractivity contribution >= 4 is 17.6 Å². The summed E-state index contributed by atoms with van der Waals surface area (Å²) in [5, 5.41) is 13.7. The summed E-state index contributed by atoms with van der Waals surface area (Å²) in [6.07, 6.45) is 3.16. The third-order valence-corrected chi connectivity index (χ3v) is 4.28. The third kappa shape index (κ3) is 4.28. The first-order valence-electron chi connectivity index (χ1n) is 7.62. The summed E-state index contributed by atoms with van der Waals surface area (Å²) in [4.78, 5) is 34.0. The van der Waals surface area contributed by atoms with Crippen molar-refractivity contribution in [3.63, 3.8) is 0 Å². The molecule has 124 valence electrons. The minimum atomic E-state index is -0.559. The number of methoxy groups -OCH3 is 1. The van der Waals surface area contributed by atoms with E-state index in [2.05, 4.69) is 5.32 Å². The Hall–Kier alpha value is -2.44. The van der Waals surface area contributed by atoms with E-state index in [9.17, 15) is 19.7 Å². The van der Waals surface area contributed by atoms with Gasteiger partial charge in [0.1, 0.15) is 5.56 Å². The number of nitro benzene ring substituents is 1. The monoisotopic (exact) mass is 320 g/mol. The number of nitro groups is 1. The fourth-order valence-corrected chi connectivity index (χ4v) is 2.93. The zero-order valence-corrected chi connectivity index (χ0v) is 13.0. The van der Waals surface area contributed by atoms with Crippen molar-refractivity contribution in [1.82, 2.24) is 5.32 Å². The van der Waals surface area contributed by atoms with Crippen LogP contribution in [-0.2, 0) is 9.53 Å². The van der Waals surface area contributed by atoms with E-state index in [-0.39, 0.29) is 29.1 Å². The molecule has 1 saturated carbocycles. The number of carbonyl (C=O) groups excluding carboxylic acids is 2. The highest BCUT2D eigenvalue weighted by molar-refractivity contribution is 5.98. The molecule has 1 aliphatic rings. The topological polar surface area (TPSA) is 98.5 Å². The number of hydrogen-bond donors (Lipinski definition) is 1. The summed E-state index contributed by atoms with van der Waals surface area (Å²) in [7, 11) is 1.39. The first kappa shape index (κ1) is 16.9. The number of rotatable bonds is 5. The van der Waals surface area contributed by atoms with Gasteiger partial charge in [0, 0.05) is 12.6 Å². The predicted molar refractivity (Wildman–Crippen MR) is 82.9 cm³/mol. The number of hydrogen-bond acceptors (Lipinski definition) is 5. The lowest BCUT2D eigenvalue weighted by Gasteiger charge is -2.26. The van der Waals surface area contributed by atoms with E-state index in [1.807, 2.05) is 0 Å². The van der Waals surface area contributed by atoms with Crippen molar-refractivity contribution in [3.05, 3.63) is 39.9 Å². The van der Waals surface area contributed by atoms with E-state index in [4.69, 9.17) is 4.74 Å². The van der Waals surface area contributed by atoms with Crippen LogP contribution in [0.1, 0.15) is 36.0 Å². The van der Waals surface area contributed by atoms with Crippen molar-refractivity contribution in [3.8, 4) is 0 Å². The van der Waals surface area contributed by atoms with Gasteiger partial charge in [-0.3, -0.25) is 19.7 Å². The number of benzene rings is 1. The quantitative estimate of drug-likeness (QED) is 0.510. The van der Waals surface area contributed by atoms with Crippen LogP contribution in [0.25, 0.3) is 0 Å². The Labute approximate surface area is 134 Å². The van der Waals surface area contributed by atoms with Gasteiger partial charge in [-0.1, -0.05) is 12.1 Å². The molecule has 1 aromatic rings. The SMILES string of the molecule is COC(=O)C1CCC(CNC(=O)c2ccccc2[N+](=O)[O-])CC1. The van der Waals surface area contributed by atoms with E-state index < -0.39 is 10.8 Å². The van der Waals surface area contributed by atoms with Crippen LogP contribution in [0.3, 0.4) is 0 Å². The molecule has 0 atom stereocenters. The van der Waals surface area contributed by atoms with E-state index in [0.29, 0.717) is 6.54 Å². The van der Waals surface area contributed by atoms with Gasteiger partial charge >= 0.3 is 5.97 Å². The predicted octanol–water partition coefficient (Wildman–Crippen LogP) is 2.30. The van der Waals surface area contributed by atoms with Gasteiger partial charge in [0.25, 0.3) is 11.6 Å². The molecule has 1 amide bonds. The van der Waals surface area contributed by atoms with Gasteiger partial charge in [-0.25, -0.2) is 0 Å². The lowest BCUT2D eigenvalue weighted by Crippen LogP contribution is -2.33. The van der Waals surface area contributed by atoms with Crippen LogP contribution in [0.2, 0.25) is 0 Å². The second-order valence-electron chi connectivity index (χ2n) is 5.73. The zero-order chi connectivity index (χ0) is 16.8. The summed E-state index contributed by atoms with van der Waals surface area (Å²) in [6.45, 7) is 0.457. The molecule has 0 heterocycles. The van der Waals surface area contributed by atoms with Gasteiger partial charge in [0.05, 0.1) is 18.0 Å². The van der Waals surface area contributed by atoms with Crippen LogP contribution in [0, 0.1) is 22.0 Å². The van der Waals surface area contributed by atoms with Crippen LogP contribution in [0.15, 0.2) is 24.3 Å². The molecule has 0 saturated heterocycles. The number of carbonyl (C=O) groups is 2. The number of para-hydroxylation sites is 1. The summed E-state index contributed by atoms with van der Waals surface area (Å²) in [5.74, 6) is -0.385. The average Bonchev–Trinajstić information content (AvgIpc) is 2.59. The number of ether oxygens (including phenoxy) is 1. The molecule has 1 aromatic carbocycles. The molecule has 2 rings (SSSR count). The third-order valence-electron chi connectivity index (χ3n) is 4.28. The smallest absolute Gasteiger partial charge is 0.308 e. The van der Waals surface area contributed by atoms with Crippen molar-refractivity contribution < 1.29 is 19.2 Å². The minimum Gasteiger partial charge on any atom is -0.469 e. The van der Waals surface area contributed by atoms with Gasteiger partial charge in [-0.15, -0.1) is 0 Å². The molecule has 1 aliphatic carbocycles. The molecule has 0 bridgehead atoms. The highest BCUT2D eigenvalue weighted by Crippen LogP contribution is 2.29. The maximum absolute atomic E-state index is 12.1. The normalized spacial score (nSPS) is 20.6. The van der Waals surface area contributed by atoms with E-state index in [1.165, 1.54) is 25.3 Å². The largest absolute Gasteiger partial charge is 0.469 e. The fourth-order valence-electron chi connectivity index (χ4n) is 2.93. The minimum absolute atomic E-state index is 0.0536. The number of esters is 1. The Morgan fingerprint density at radius 1 is 1.26 bits per heavy atom. The molecule has 23 heavy (non-hydrogen) atoms. The van der Waals surface area contributed by atoms with Crippen molar-refractivity contribution in [2.75, 3.05) is 13.7 Å². The lowest BCUT2D eigenvalue weighted by molar-refractivity contribution is -0.385. The maximum Gasteiger partial charge on any atom is 0.308 e. The van der Waals surface area contributed by atoms with Crippen molar-refractivity contribution in [1.29, 1.82) is 0 Å². The van der Waals surface area contributed by atoms with Gasteiger partial charge in [0.15, 0.2) is 0 Å². The zero-order valence-electron chi connectivity index (χ0n) is 13.0. The molecule has 0 unspecified atom stereocenters. The van der Waals surface area contributed by atoms with Crippen LogP contribution in [0.4, 0.5) is 5.69 Å². The lowest BCUT2D eigenvalue weighted by atomic mass is 9.82. The molecule has 0 radical (unpaired) electrons. The Bertz CT molecular complexity index is 594. The maximum atomic E-state index is 12.1. The molecule has 0 aliphatic heterocycles. The molecule has 7 heteroatoms. The van der Waals surface area contributed by atoms with E-state index in [0.717, 1.165) is 25.7 Å². The summed E-state index contributed by atoms with van der Waals surface area (Å²) < 4.78 is 4.74. The molecular weight excluding hydrogens is 300 g/mol. The van der Waals surface area contributed by atoms with E-state index in [1.54, 1.807) is 6.07 Å². The van der Waals surface area contributed by atoms with Gasteiger partial charge in [0.2, 0.25) is 0 Å². The standard InChI is InChI=1S/C16H20N2O5/c1-23-16(20)12-8-6-11(7-9-12)10-17-15(19)13-4-2-3-5-14(13)18(21)22/h2-5,11-12H,6-10H2,1H3,(H,17,19). The second-order valence-corrected chi connectivity index (χ2v) is 5.73. The molecule has 7 nitrogen and oxygen atoms in total. The summed E-state index contributed by atoms with van der Waals surface area (Å²) in [5.41, 5.74) is -0.125. The highest BCUT2D eigenvalue weighted by atomic mass is 16.6. The number of amides is 1. The van der Waals surface area contributed by atoms with Crippen LogP contribution in [-0.4, -0.2) is 30.5 Å². The molecule has 1 fully saturated rings. The van der Waals surface area contributed by atoms with Crippen molar-refractivity contribution in [2.45, 2.75) is 25.7 Å².